The lowest BCUT2D eigenvalue weighted by Gasteiger charge is -2.17. The maximum atomic E-state index is 3.47. The summed E-state index contributed by atoms with van der Waals surface area (Å²) in [6, 6.07) is 0. The molecule has 1 N–H and O–H groups in total. The van der Waals surface area contributed by atoms with Crippen molar-refractivity contribution in [1.29, 1.82) is 0 Å². The predicted molar refractivity (Wildman–Crippen MR) is 74.7 cm³/mol. The smallest absolute Gasteiger partial charge is 0.00163 e. The van der Waals surface area contributed by atoms with Crippen LogP contribution in [0.15, 0.2) is 0 Å². The van der Waals surface area contributed by atoms with E-state index >= 15 is 0 Å². The summed E-state index contributed by atoms with van der Waals surface area (Å²) >= 11 is 0. The Morgan fingerprint density at radius 2 is 1.69 bits per heavy atom. The van der Waals surface area contributed by atoms with E-state index in [1.165, 1.54) is 25.9 Å². The molecular formula is C15H33N. The number of piperidine rings is 1. The van der Waals surface area contributed by atoms with Crippen LogP contribution in [0.25, 0.3) is 0 Å². The highest BCUT2D eigenvalue weighted by Gasteiger charge is 2.65. The Balaban J connectivity index is 0.000000323. The SMILES string of the molecule is CC.CC(C)C12CNCC1C2C.CCCC. The van der Waals surface area contributed by atoms with Crippen molar-refractivity contribution in [3.63, 3.8) is 0 Å². The Labute approximate surface area is 103 Å². The van der Waals surface area contributed by atoms with E-state index in [0.29, 0.717) is 5.41 Å². The molecule has 98 valence electrons. The summed E-state index contributed by atoms with van der Waals surface area (Å²) in [5.74, 6) is 2.88. The number of hydrogen-bond acceptors (Lipinski definition) is 1. The maximum absolute atomic E-state index is 3.47. The van der Waals surface area contributed by atoms with Crippen LogP contribution in [0, 0.1) is 23.2 Å². The predicted octanol–water partition coefficient (Wildman–Crippen LogP) is 4.33. The molecule has 0 bridgehead atoms. The van der Waals surface area contributed by atoms with Crippen molar-refractivity contribution >= 4 is 0 Å². The lowest BCUT2D eigenvalue weighted by molar-refractivity contribution is 0.336. The van der Waals surface area contributed by atoms with E-state index in [-0.39, 0.29) is 0 Å². The van der Waals surface area contributed by atoms with Gasteiger partial charge in [-0.3, -0.25) is 0 Å². The molecule has 0 aromatic heterocycles. The van der Waals surface area contributed by atoms with Crippen LogP contribution >= 0.6 is 0 Å². The van der Waals surface area contributed by atoms with E-state index in [1.54, 1.807) is 0 Å². The third-order valence-electron chi connectivity index (χ3n) is 4.40. The second kappa shape index (κ2) is 7.32. The Bertz CT molecular complexity index is 168. The molecule has 0 spiro atoms. The van der Waals surface area contributed by atoms with E-state index in [2.05, 4.69) is 39.9 Å². The minimum absolute atomic E-state index is 0.708. The van der Waals surface area contributed by atoms with Gasteiger partial charge in [-0.15, -0.1) is 0 Å². The first-order valence-electron chi connectivity index (χ1n) is 7.31. The normalized spacial score (nSPS) is 34.5. The summed E-state index contributed by atoms with van der Waals surface area (Å²) in [7, 11) is 0. The van der Waals surface area contributed by atoms with Gasteiger partial charge in [0.05, 0.1) is 0 Å². The highest BCUT2D eigenvalue weighted by atomic mass is 15.0. The fourth-order valence-electron chi connectivity index (χ4n) is 3.02. The van der Waals surface area contributed by atoms with Crippen LogP contribution in [0.2, 0.25) is 0 Å². The van der Waals surface area contributed by atoms with Crippen LogP contribution in [0.1, 0.15) is 61.3 Å². The highest BCUT2D eigenvalue weighted by Crippen LogP contribution is 2.64. The van der Waals surface area contributed by atoms with Gasteiger partial charge in [0.25, 0.3) is 0 Å². The van der Waals surface area contributed by atoms with Gasteiger partial charge in [-0.2, -0.15) is 0 Å². The number of unbranched alkanes of at least 4 members (excludes halogenated alkanes) is 1. The lowest BCUT2D eigenvalue weighted by atomic mass is 9.90. The molecule has 0 radical (unpaired) electrons. The van der Waals surface area contributed by atoms with Crippen LogP contribution in [0.5, 0.6) is 0 Å². The molecule has 2 fully saturated rings. The van der Waals surface area contributed by atoms with Gasteiger partial charge in [-0.1, -0.05) is 61.3 Å². The quantitative estimate of drug-likeness (QED) is 0.740. The largest absolute Gasteiger partial charge is 0.316 e. The number of nitrogens with one attached hydrogen (secondary N) is 1. The second-order valence-electron chi connectivity index (χ2n) is 5.29. The van der Waals surface area contributed by atoms with E-state index in [4.69, 9.17) is 0 Å². The van der Waals surface area contributed by atoms with E-state index in [1.807, 2.05) is 13.8 Å². The third-order valence-corrected chi connectivity index (χ3v) is 4.40. The van der Waals surface area contributed by atoms with Crippen LogP contribution in [0.3, 0.4) is 0 Å². The van der Waals surface area contributed by atoms with Gasteiger partial charge in [0.2, 0.25) is 0 Å². The summed E-state index contributed by atoms with van der Waals surface area (Å²) in [6.07, 6.45) is 2.64. The van der Waals surface area contributed by atoms with Crippen molar-refractivity contribution in [3.8, 4) is 0 Å². The van der Waals surface area contributed by atoms with Crippen LogP contribution < -0.4 is 5.32 Å². The second-order valence-corrected chi connectivity index (χ2v) is 5.29. The zero-order chi connectivity index (χ0) is 12.8. The Hall–Kier alpha value is -0.0400. The first kappa shape index (κ1) is 16.0. The van der Waals surface area contributed by atoms with Crippen molar-refractivity contribution in [2.24, 2.45) is 23.2 Å². The first-order chi connectivity index (χ1) is 7.61. The van der Waals surface area contributed by atoms with Crippen LogP contribution in [0.4, 0.5) is 0 Å². The van der Waals surface area contributed by atoms with Gasteiger partial charge in [0, 0.05) is 6.54 Å². The standard InChI is InChI=1S/C9H17N.C4H10.C2H6/c1-6(2)9-5-10-4-8(9)7(9)3;1-3-4-2;1-2/h6-8,10H,4-5H2,1-3H3;3-4H2,1-2H3;1-2H3. The minimum Gasteiger partial charge on any atom is -0.316 e. The van der Waals surface area contributed by atoms with Crippen LogP contribution in [-0.2, 0) is 0 Å². The molecule has 0 aromatic carbocycles. The lowest BCUT2D eigenvalue weighted by Crippen LogP contribution is -2.23. The van der Waals surface area contributed by atoms with Crippen molar-refractivity contribution in [2.75, 3.05) is 13.1 Å². The molecule has 2 rings (SSSR count). The Morgan fingerprint density at radius 1 is 1.19 bits per heavy atom. The molecule has 1 aliphatic carbocycles. The summed E-state index contributed by atoms with van der Waals surface area (Å²) < 4.78 is 0. The van der Waals surface area contributed by atoms with Gasteiger partial charge >= 0.3 is 0 Å². The molecular weight excluding hydrogens is 194 g/mol. The first-order valence-corrected chi connectivity index (χ1v) is 7.31. The van der Waals surface area contributed by atoms with Gasteiger partial charge in [-0.25, -0.2) is 0 Å². The summed E-state index contributed by atoms with van der Waals surface area (Å²) in [5.41, 5.74) is 0.708. The number of rotatable bonds is 2. The molecule has 1 saturated heterocycles. The van der Waals surface area contributed by atoms with Gasteiger partial charge < -0.3 is 5.32 Å². The van der Waals surface area contributed by atoms with E-state index in [9.17, 15) is 0 Å². The average molecular weight is 227 g/mol. The molecule has 2 aliphatic rings. The number of fused-ring (bicyclic) bond motifs is 1. The number of hydrogen-bond donors (Lipinski definition) is 1. The molecule has 1 nitrogen and oxygen atoms in total. The Kier molecular flexibility index (Phi) is 7.30. The molecule has 16 heavy (non-hydrogen) atoms. The zero-order valence-electron chi connectivity index (χ0n) is 12.6. The monoisotopic (exact) mass is 227 g/mol. The topological polar surface area (TPSA) is 12.0 Å². The summed E-state index contributed by atoms with van der Waals surface area (Å²) in [5, 5.41) is 3.47. The molecule has 1 heterocycles. The molecule has 0 aromatic rings. The highest BCUT2D eigenvalue weighted by molar-refractivity contribution is 5.15. The van der Waals surface area contributed by atoms with Gasteiger partial charge in [-0.05, 0) is 29.7 Å². The minimum atomic E-state index is 0.708. The molecule has 3 atom stereocenters. The average Bonchev–Trinajstić information content (AvgIpc) is 2.71. The third kappa shape index (κ3) is 3.00. The van der Waals surface area contributed by atoms with Crippen molar-refractivity contribution in [2.45, 2.75) is 61.3 Å². The van der Waals surface area contributed by atoms with Gasteiger partial charge in [0.15, 0.2) is 0 Å². The fraction of sp³-hybridized carbons (Fsp3) is 1.00. The zero-order valence-corrected chi connectivity index (χ0v) is 12.6. The Morgan fingerprint density at radius 3 is 1.88 bits per heavy atom. The molecule has 3 unspecified atom stereocenters. The van der Waals surface area contributed by atoms with E-state index in [0.717, 1.165) is 17.8 Å². The van der Waals surface area contributed by atoms with Crippen molar-refractivity contribution in [3.05, 3.63) is 0 Å². The summed E-state index contributed by atoms with van der Waals surface area (Å²) in [4.78, 5) is 0. The van der Waals surface area contributed by atoms with Crippen molar-refractivity contribution < 1.29 is 0 Å². The van der Waals surface area contributed by atoms with Gasteiger partial charge in [0.1, 0.15) is 0 Å². The molecule has 1 heteroatoms. The fourth-order valence-corrected chi connectivity index (χ4v) is 3.02. The molecule has 1 saturated carbocycles. The molecule has 0 amide bonds. The summed E-state index contributed by atoms with van der Waals surface area (Å²) in [6.45, 7) is 18.0. The van der Waals surface area contributed by atoms with Crippen LogP contribution in [-0.4, -0.2) is 13.1 Å². The van der Waals surface area contributed by atoms with E-state index < -0.39 is 0 Å². The maximum Gasteiger partial charge on any atom is 0.00163 e. The van der Waals surface area contributed by atoms with Crippen molar-refractivity contribution in [1.82, 2.24) is 5.32 Å². The molecule has 1 aliphatic heterocycles.